The lowest BCUT2D eigenvalue weighted by Crippen LogP contribution is -2.41. The van der Waals surface area contributed by atoms with Crippen LogP contribution in [0.3, 0.4) is 0 Å². The van der Waals surface area contributed by atoms with Gasteiger partial charge in [-0.1, -0.05) is 18.2 Å². The van der Waals surface area contributed by atoms with E-state index in [1.54, 1.807) is 48.5 Å². The Balaban J connectivity index is 2.11. The van der Waals surface area contributed by atoms with Crippen LogP contribution in [0.2, 0.25) is 0 Å². The van der Waals surface area contributed by atoms with Gasteiger partial charge in [-0.05, 0) is 35.9 Å². The maximum absolute atomic E-state index is 13.0. The number of carbonyl (C=O) groups is 1. The summed E-state index contributed by atoms with van der Waals surface area (Å²) in [6, 6.07) is 15.1. The van der Waals surface area contributed by atoms with Crippen molar-refractivity contribution in [2.45, 2.75) is 13.5 Å². The minimum absolute atomic E-state index is 0.0202. The molecule has 1 amide bonds. The largest absolute Gasteiger partial charge is 0.476 e. The molecule has 3 aromatic rings. The molecule has 0 aliphatic rings. The second kappa shape index (κ2) is 8.22. The Morgan fingerprint density at radius 3 is 2.55 bits per heavy atom. The average Bonchev–Trinajstić information content (AvgIpc) is 2.71. The van der Waals surface area contributed by atoms with Gasteiger partial charge in [0, 0.05) is 12.6 Å². The first-order valence-corrected chi connectivity index (χ1v) is 8.58. The lowest BCUT2D eigenvalue weighted by Gasteiger charge is -2.12. The third-order valence-corrected chi connectivity index (χ3v) is 4.06. The third-order valence-electron chi connectivity index (χ3n) is 4.06. The normalized spacial score (nSPS) is 10.2. The number of rotatable bonds is 5. The number of nitrogens with zero attached hydrogens (tertiary/aromatic N) is 4. The van der Waals surface area contributed by atoms with Crippen molar-refractivity contribution < 1.29 is 9.53 Å². The predicted molar refractivity (Wildman–Crippen MR) is 105 cm³/mol. The van der Waals surface area contributed by atoms with E-state index < -0.39 is 11.2 Å². The SMILES string of the molecule is COc1nn(-c2cccc(NC(C)=O)c2)c(=O)n(Cc2ccc(C#N)cc2)c1=O. The van der Waals surface area contributed by atoms with Gasteiger partial charge in [-0.15, -0.1) is 5.10 Å². The molecule has 3 rings (SSSR count). The van der Waals surface area contributed by atoms with Crippen LogP contribution in [-0.2, 0) is 11.3 Å². The minimum Gasteiger partial charge on any atom is -0.476 e. The lowest BCUT2D eigenvalue weighted by atomic mass is 10.1. The van der Waals surface area contributed by atoms with Gasteiger partial charge in [-0.3, -0.25) is 9.59 Å². The van der Waals surface area contributed by atoms with Crippen molar-refractivity contribution in [3.8, 4) is 17.6 Å². The first-order chi connectivity index (χ1) is 13.9. The van der Waals surface area contributed by atoms with Crippen LogP contribution in [-0.4, -0.2) is 27.4 Å². The Morgan fingerprint density at radius 2 is 1.93 bits per heavy atom. The van der Waals surface area contributed by atoms with Gasteiger partial charge in [0.2, 0.25) is 5.91 Å². The number of hydrogen-bond acceptors (Lipinski definition) is 6. The van der Waals surface area contributed by atoms with Gasteiger partial charge in [0.15, 0.2) is 0 Å². The summed E-state index contributed by atoms with van der Waals surface area (Å²) in [6.07, 6.45) is 0. The molecule has 0 spiro atoms. The minimum atomic E-state index is -0.670. The van der Waals surface area contributed by atoms with E-state index in [0.29, 0.717) is 22.5 Å². The molecular weight excluding hydrogens is 374 g/mol. The number of aromatic nitrogens is 3. The number of amides is 1. The molecule has 0 aliphatic heterocycles. The molecular formula is C20H17N5O4. The number of methoxy groups -OCH3 is 1. The van der Waals surface area contributed by atoms with Crippen LogP contribution in [0.5, 0.6) is 5.88 Å². The number of carbonyl (C=O) groups excluding carboxylic acids is 1. The van der Waals surface area contributed by atoms with Crippen LogP contribution in [0.4, 0.5) is 5.69 Å². The van der Waals surface area contributed by atoms with Crippen LogP contribution in [0.25, 0.3) is 5.69 Å². The number of ether oxygens (including phenoxy) is 1. The molecule has 0 unspecified atom stereocenters. The van der Waals surface area contributed by atoms with E-state index in [4.69, 9.17) is 10.00 Å². The Labute approximate surface area is 165 Å². The maximum atomic E-state index is 13.0. The Hall–Kier alpha value is -4.19. The zero-order valence-electron chi connectivity index (χ0n) is 15.7. The van der Waals surface area contributed by atoms with Crippen molar-refractivity contribution in [1.29, 1.82) is 5.26 Å². The molecule has 0 fully saturated rings. The topological polar surface area (TPSA) is 119 Å². The molecule has 2 aromatic carbocycles. The number of benzene rings is 2. The molecule has 0 saturated carbocycles. The summed E-state index contributed by atoms with van der Waals surface area (Å²) in [5.41, 5.74) is 0.632. The van der Waals surface area contributed by atoms with Crippen LogP contribution in [0.15, 0.2) is 58.1 Å². The first-order valence-electron chi connectivity index (χ1n) is 8.58. The zero-order chi connectivity index (χ0) is 21.0. The summed E-state index contributed by atoms with van der Waals surface area (Å²) < 4.78 is 7.09. The molecule has 1 aromatic heterocycles. The van der Waals surface area contributed by atoms with Crippen molar-refractivity contribution in [1.82, 2.24) is 14.3 Å². The quantitative estimate of drug-likeness (QED) is 0.700. The smallest absolute Gasteiger partial charge is 0.352 e. The van der Waals surface area contributed by atoms with Crippen LogP contribution < -0.4 is 21.3 Å². The van der Waals surface area contributed by atoms with Gasteiger partial charge >= 0.3 is 11.2 Å². The zero-order valence-corrected chi connectivity index (χ0v) is 15.7. The number of hydrogen-bond donors (Lipinski definition) is 1. The third kappa shape index (κ3) is 4.22. The highest BCUT2D eigenvalue weighted by Crippen LogP contribution is 2.13. The molecule has 29 heavy (non-hydrogen) atoms. The summed E-state index contributed by atoms with van der Waals surface area (Å²) in [4.78, 5) is 36.9. The van der Waals surface area contributed by atoms with E-state index in [0.717, 1.165) is 9.25 Å². The lowest BCUT2D eigenvalue weighted by molar-refractivity contribution is -0.114. The van der Waals surface area contributed by atoms with Gasteiger partial charge in [-0.25, -0.2) is 9.36 Å². The summed E-state index contributed by atoms with van der Waals surface area (Å²) in [5.74, 6) is -0.506. The van der Waals surface area contributed by atoms with Crippen molar-refractivity contribution >= 4 is 11.6 Å². The summed E-state index contributed by atoms with van der Waals surface area (Å²) >= 11 is 0. The molecule has 1 heterocycles. The number of nitriles is 1. The highest BCUT2D eigenvalue weighted by Gasteiger charge is 2.16. The van der Waals surface area contributed by atoms with Crippen LogP contribution in [0.1, 0.15) is 18.1 Å². The van der Waals surface area contributed by atoms with E-state index >= 15 is 0 Å². The Kier molecular flexibility index (Phi) is 5.55. The second-order valence-corrected chi connectivity index (χ2v) is 6.14. The van der Waals surface area contributed by atoms with E-state index in [1.807, 2.05) is 6.07 Å². The molecule has 1 N–H and O–H groups in total. The Bertz CT molecular complexity index is 1220. The molecule has 0 saturated heterocycles. The Morgan fingerprint density at radius 1 is 1.21 bits per heavy atom. The molecule has 9 heteroatoms. The van der Waals surface area contributed by atoms with Crippen molar-refractivity contribution in [3.63, 3.8) is 0 Å². The maximum Gasteiger partial charge on any atom is 0.352 e. The number of anilines is 1. The predicted octanol–water partition coefficient (Wildman–Crippen LogP) is 1.28. The van der Waals surface area contributed by atoms with E-state index in [-0.39, 0.29) is 18.3 Å². The van der Waals surface area contributed by atoms with E-state index in [2.05, 4.69) is 10.4 Å². The summed E-state index contributed by atoms with van der Waals surface area (Å²) in [5, 5.41) is 15.5. The molecule has 0 aliphatic carbocycles. The average molecular weight is 391 g/mol. The molecule has 0 bridgehead atoms. The summed E-state index contributed by atoms with van der Waals surface area (Å²) in [7, 11) is 1.29. The molecule has 146 valence electrons. The monoisotopic (exact) mass is 391 g/mol. The fraction of sp³-hybridized carbons (Fsp3) is 0.150. The van der Waals surface area contributed by atoms with Gasteiger partial charge in [0.1, 0.15) is 0 Å². The van der Waals surface area contributed by atoms with Crippen molar-refractivity contribution in [2.75, 3.05) is 12.4 Å². The fourth-order valence-electron chi connectivity index (χ4n) is 2.71. The van der Waals surface area contributed by atoms with Gasteiger partial charge < -0.3 is 10.1 Å². The second-order valence-electron chi connectivity index (χ2n) is 6.14. The van der Waals surface area contributed by atoms with Crippen LogP contribution >= 0.6 is 0 Å². The van der Waals surface area contributed by atoms with Gasteiger partial charge in [0.25, 0.3) is 5.88 Å². The van der Waals surface area contributed by atoms with Gasteiger partial charge in [-0.2, -0.15) is 9.94 Å². The fourth-order valence-corrected chi connectivity index (χ4v) is 2.71. The standard InChI is InChI=1S/C20H17N5O4/c1-13(26)22-16-4-3-5-17(10-16)25-20(28)24(19(27)18(23-25)29-2)12-15-8-6-14(11-21)7-9-15/h3-10H,12H2,1-2H3,(H,22,26). The van der Waals surface area contributed by atoms with Crippen molar-refractivity contribution in [2.24, 2.45) is 0 Å². The van der Waals surface area contributed by atoms with E-state index in [1.165, 1.54) is 14.0 Å². The van der Waals surface area contributed by atoms with Crippen LogP contribution in [0, 0.1) is 11.3 Å². The van der Waals surface area contributed by atoms with Gasteiger partial charge in [0.05, 0.1) is 31.0 Å². The molecule has 0 atom stereocenters. The first kappa shape index (κ1) is 19.6. The highest BCUT2D eigenvalue weighted by atomic mass is 16.5. The summed E-state index contributed by atoms with van der Waals surface area (Å²) in [6.45, 7) is 1.35. The number of nitrogens with one attached hydrogen (secondary N) is 1. The van der Waals surface area contributed by atoms with Crippen molar-refractivity contribution in [3.05, 3.63) is 80.5 Å². The molecule has 0 radical (unpaired) electrons. The highest BCUT2D eigenvalue weighted by molar-refractivity contribution is 5.88. The van der Waals surface area contributed by atoms with E-state index in [9.17, 15) is 14.4 Å². The molecule has 9 nitrogen and oxygen atoms in total.